The summed E-state index contributed by atoms with van der Waals surface area (Å²) in [5.41, 5.74) is 4.61. The van der Waals surface area contributed by atoms with Crippen molar-refractivity contribution in [1.29, 1.82) is 0 Å². The highest BCUT2D eigenvalue weighted by molar-refractivity contribution is 7.48. The molecule has 13 nitrogen and oxygen atoms in total. The molecule has 0 spiro atoms. The van der Waals surface area contributed by atoms with Crippen LogP contribution in [0.3, 0.4) is 0 Å². The highest BCUT2D eigenvalue weighted by Gasteiger charge is 2.58. The quantitative estimate of drug-likeness (QED) is 0.289. The van der Waals surface area contributed by atoms with Crippen molar-refractivity contribution in [3.05, 3.63) is 41.2 Å². The molecule has 2 aliphatic rings. The van der Waals surface area contributed by atoms with Crippen molar-refractivity contribution in [3.63, 3.8) is 0 Å². The maximum absolute atomic E-state index is 16.4. The molecule has 216 valence electrons. The van der Waals surface area contributed by atoms with Gasteiger partial charge in [-0.2, -0.15) is 9.97 Å². The van der Waals surface area contributed by atoms with Crippen LogP contribution in [-0.2, 0) is 32.4 Å². The second-order valence-corrected chi connectivity index (χ2v) is 11.4. The van der Waals surface area contributed by atoms with Crippen molar-refractivity contribution >= 4 is 42.5 Å². The monoisotopic (exact) mass is 599 g/mol. The fourth-order valence-corrected chi connectivity index (χ4v) is 6.29. The number of esters is 1. The minimum atomic E-state index is -4.10. The molecule has 0 saturated carbocycles. The average molecular weight is 600 g/mol. The first-order chi connectivity index (χ1) is 19.0. The zero-order valence-electron chi connectivity index (χ0n) is 21.9. The van der Waals surface area contributed by atoms with E-state index >= 15 is 4.39 Å². The molecule has 40 heavy (non-hydrogen) atoms. The van der Waals surface area contributed by atoms with Crippen molar-refractivity contribution in [3.8, 4) is 5.88 Å². The lowest BCUT2D eigenvalue weighted by Gasteiger charge is -2.30. The lowest BCUT2D eigenvalue weighted by molar-refractivity contribution is -0.155. The van der Waals surface area contributed by atoms with Gasteiger partial charge in [0.05, 0.1) is 32.3 Å². The number of carbonyl (C=O) groups is 1. The van der Waals surface area contributed by atoms with Gasteiger partial charge in [-0.25, -0.2) is 13.9 Å². The maximum atomic E-state index is 16.4. The van der Waals surface area contributed by atoms with Crippen molar-refractivity contribution in [2.75, 3.05) is 25.6 Å². The Bertz CT molecular complexity index is 1460. The highest BCUT2D eigenvalue weighted by atomic mass is 35.5. The van der Waals surface area contributed by atoms with Crippen LogP contribution in [0.25, 0.3) is 11.2 Å². The van der Waals surface area contributed by atoms with Crippen molar-refractivity contribution < 1.29 is 41.5 Å². The number of phosphoric acid groups is 1. The summed E-state index contributed by atoms with van der Waals surface area (Å²) in [4.78, 5) is 24.4. The second kappa shape index (κ2) is 11.2. The van der Waals surface area contributed by atoms with Crippen LogP contribution in [0, 0.1) is 0 Å². The van der Waals surface area contributed by atoms with Gasteiger partial charge < -0.3 is 19.9 Å². The third-order valence-electron chi connectivity index (χ3n) is 6.42. The normalized spacial score (nSPS) is 30.4. The lowest BCUT2D eigenvalue weighted by atomic mass is 9.98. The molecule has 6 atom stereocenters. The molecule has 3 aromatic rings. The Morgan fingerprint density at radius 3 is 2.90 bits per heavy atom. The number of nitrogens with two attached hydrogens (primary N) is 1. The topological polar surface area (TPSA) is 159 Å². The van der Waals surface area contributed by atoms with Gasteiger partial charge in [0.1, 0.15) is 6.10 Å². The molecular weight excluding hydrogens is 572 g/mol. The Hall–Kier alpha value is -2.87. The molecule has 0 aliphatic carbocycles. The first kappa shape index (κ1) is 28.7. The van der Waals surface area contributed by atoms with Gasteiger partial charge >= 0.3 is 13.8 Å². The molecule has 0 radical (unpaired) electrons. The smallest absolute Gasteiger partial charge is 0.475 e. The third kappa shape index (κ3) is 5.65. The van der Waals surface area contributed by atoms with E-state index in [4.69, 9.17) is 45.1 Å². The number of carbonyl (C=O) groups excluding carboxylic acids is 1. The van der Waals surface area contributed by atoms with Crippen LogP contribution in [-0.4, -0.2) is 63.2 Å². The van der Waals surface area contributed by atoms with E-state index in [1.807, 2.05) is 0 Å². The van der Waals surface area contributed by atoms with E-state index in [1.165, 1.54) is 17.8 Å². The number of nitrogen functional groups attached to an aromatic ring is 1. The van der Waals surface area contributed by atoms with Gasteiger partial charge in [-0.1, -0.05) is 23.7 Å². The van der Waals surface area contributed by atoms with E-state index < -0.39 is 50.6 Å². The lowest BCUT2D eigenvalue weighted by Crippen LogP contribution is -2.43. The predicted molar refractivity (Wildman–Crippen MR) is 139 cm³/mol. The van der Waals surface area contributed by atoms with Crippen LogP contribution in [0.2, 0.25) is 5.02 Å². The minimum Gasteiger partial charge on any atom is -0.476 e. The fourth-order valence-electron chi connectivity index (χ4n) is 4.70. The van der Waals surface area contributed by atoms with Crippen LogP contribution in [0.5, 0.6) is 5.88 Å². The van der Waals surface area contributed by atoms with Crippen LogP contribution in [0.4, 0.5) is 10.3 Å². The Kier molecular flexibility index (Phi) is 8.01. The number of fused-ring (bicyclic) bond motifs is 1. The number of rotatable bonds is 8. The number of nitrogens with zero attached hydrogens (tertiary/aromatic N) is 4. The maximum Gasteiger partial charge on any atom is 0.475 e. The van der Waals surface area contributed by atoms with Crippen LogP contribution >= 0.6 is 19.4 Å². The first-order valence-electron chi connectivity index (χ1n) is 12.5. The average Bonchev–Trinajstić information content (AvgIpc) is 3.41. The van der Waals surface area contributed by atoms with Gasteiger partial charge in [-0.3, -0.25) is 22.9 Å². The van der Waals surface area contributed by atoms with Crippen molar-refractivity contribution in [2.24, 2.45) is 0 Å². The first-order valence-corrected chi connectivity index (χ1v) is 14.3. The SMILES string of the molecule is CCOc1nc(N)nc2c1ncn2C1OC(COP2(=O)OCCC(c3cccc(Cl)c3)O2)C(OC(C)=O)C1(C)F. The predicted octanol–water partition coefficient (Wildman–Crippen LogP) is 4.32. The molecular formula is C24H28ClFN5O8P. The van der Waals surface area contributed by atoms with E-state index in [1.54, 1.807) is 31.2 Å². The summed E-state index contributed by atoms with van der Waals surface area (Å²) in [6, 6.07) is 6.93. The van der Waals surface area contributed by atoms with Gasteiger partial charge in [0.2, 0.25) is 11.8 Å². The van der Waals surface area contributed by atoms with Crippen molar-refractivity contribution in [2.45, 2.75) is 57.4 Å². The van der Waals surface area contributed by atoms with E-state index in [-0.39, 0.29) is 36.2 Å². The number of hydrogen-bond acceptors (Lipinski definition) is 12. The Labute approximate surface area is 233 Å². The van der Waals surface area contributed by atoms with Crippen LogP contribution < -0.4 is 10.5 Å². The zero-order chi connectivity index (χ0) is 28.7. The number of benzene rings is 1. The van der Waals surface area contributed by atoms with Gasteiger partial charge in [-0.05, 0) is 31.5 Å². The van der Waals surface area contributed by atoms with Gasteiger partial charge in [0.15, 0.2) is 29.2 Å². The van der Waals surface area contributed by atoms with E-state index in [0.29, 0.717) is 17.0 Å². The molecule has 16 heteroatoms. The molecule has 2 fully saturated rings. The summed E-state index contributed by atoms with van der Waals surface area (Å²) in [5.74, 6) is -0.744. The summed E-state index contributed by atoms with van der Waals surface area (Å²) in [6.45, 7) is 3.99. The molecule has 2 aliphatic heterocycles. The summed E-state index contributed by atoms with van der Waals surface area (Å²) in [5, 5.41) is 0.493. The standard InChI is InChI=1S/C24H28ClFN5O8P/c1-4-34-21-18-20(29-23(27)30-21)31(12-28-18)22-24(3,26)19(37-13(2)32)17(38-22)11-36-40(33)35-9-8-16(39-40)14-6-5-7-15(25)10-14/h5-7,10,12,16-17,19,22H,4,8-9,11H2,1-3H3,(H2,27,29,30). The number of phosphoric ester groups is 1. The molecule has 2 aromatic heterocycles. The molecule has 4 heterocycles. The Balaban J connectivity index is 1.39. The van der Waals surface area contributed by atoms with Crippen molar-refractivity contribution in [1.82, 2.24) is 19.5 Å². The van der Waals surface area contributed by atoms with Gasteiger partial charge in [0.25, 0.3) is 0 Å². The third-order valence-corrected chi connectivity index (χ3v) is 8.13. The molecule has 0 amide bonds. The van der Waals surface area contributed by atoms with E-state index in [0.717, 1.165) is 6.92 Å². The Morgan fingerprint density at radius 1 is 1.38 bits per heavy atom. The largest absolute Gasteiger partial charge is 0.476 e. The number of anilines is 1. The van der Waals surface area contributed by atoms with Crippen LogP contribution in [0.15, 0.2) is 30.6 Å². The summed E-state index contributed by atoms with van der Waals surface area (Å²) >= 11 is 6.08. The summed E-state index contributed by atoms with van der Waals surface area (Å²) < 4.78 is 64.5. The number of aromatic nitrogens is 4. The molecule has 5 rings (SSSR count). The van der Waals surface area contributed by atoms with Crippen LogP contribution in [0.1, 0.15) is 45.1 Å². The number of halogens is 2. The fraction of sp³-hybridized carbons (Fsp3) is 0.500. The number of hydrogen-bond donors (Lipinski definition) is 1. The number of alkyl halides is 1. The van der Waals surface area contributed by atoms with E-state index in [9.17, 15) is 9.36 Å². The molecule has 0 bridgehead atoms. The molecule has 1 aromatic carbocycles. The zero-order valence-corrected chi connectivity index (χ0v) is 23.5. The highest BCUT2D eigenvalue weighted by Crippen LogP contribution is 2.57. The molecule has 2 N–H and O–H groups in total. The number of imidazole rings is 1. The second-order valence-electron chi connectivity index (χ2n) is 9.37. The van der Waals surface area contributed by atoms with E-state index in [2.05, 4.69) is 15.0 Å². The Morgan fingerprint density at radius 2 is 2.17 bits per heavy atom. The number of ether oxygens (including phenoxy) is 3. The summed E-state index contributed by atoms with van der Waals surface area (Å²) in [7, 11) is -4.10. The van der Waals surface area contributed by atoms with Gasteiger partial charge in [0, 0.05) is 18.4 Å². The molecule has 2 saturated heterocycles. The summed E-state index contributed by atoms with van der Waals surface area (Å²) in [6.07, 6.45) is -2.96. The van der Waals surface area contributed by atoms with Gasteiger partial charge in [-0.15, -0.1) is 0 Å². The minimum absolute atomic E-state index is 0.0844. The molecule has 6 unspecified atom stereocenters.